The zero-order valence-electron chi connectivity index (χ0n) is 14.1. The van der Waals surface area contributed by atoms with Gasteiger partial charge in [0.2, 0.25) is 0 Å². The van der Waals surface area contributed by atoms with Gasteiger partial charge < -0.3 is 15.4 Å². The summed E-state index contributed by atoms with van der Waals surface area (Å²) in [5, 5.41) is 6.90. The Morgan fingerprint density at radius 3 is 2.54 bits per heavy atom. The Morgan fingerprint density at radius 2 is 1.79 bits per heavy atom. The van der Waals surface area contributed by atoms with Gasteiger partial charge in [0.1, 0.15) is 17.7 Å². The van der Waals surface area contributed by atoms with Crippen LogP contribution >= 0.6 is 0 Å². The van der Waals surface area contributed by atoms with E-state index in [9.17, 15) is 4.39 Å². The summed E-state index contributed by atoms with van der Waals surface area (Å²) < 4.78 is 18.8. The molecule has 0 bridgehead atoms. The third-order valence-corrected chi connectivity index (χ3v) is 4.41. The van der Waals surface area contributed by atoms with Crippen molar-refractivity contribution in [3.63, 3.8) is 0 Å². The van der Waals surface area contributed by atoms with Crippen molar-refractivity contribution < 1.29 is 9.13 Å². The summed E-state index contributed by atoms with van der Waals surface area (Å²) in [5.74, 6) is 0.781. The highest BCUT2D eigenvalue weighted by molar-refractivity contribution is 5.59. The van der Waals surface area contributed by atoms with Crippen LogP contribution in [0.2, 0.25) is 0 Å². The molecule has 0 saturated heterocycles. The molecule has 0 saturated carbocycles. The third kappa shape index (κ3) is 4.48. The molecule has 2 aromatic carbocycles. The predicted molar refractivity (Wildman–Crippen MR) is 96.3 cm³/mol. The van der Waals surface area contributed by atoms with Gasteiger partial charge in [-0.25, -0.2) is 4.39 Å². The Balaban J connectivity index is 1.41. The molecule has 3 nitrogen and oxygen atoms in total. The maximum atomic E-state index is 12.8. The van der Waals surface area contributed by atoms with Gasteiger partial charge in [0.25, 0.3) is 0 Å². The van der Waals surface area contributed by atoms with Crippen LogP contribution in [-0.4, -0.2) is 25.7 Å². The maximum absolute atomic E-state index is 12.8. The molecule has 0 radical (unpaired) electrons. The lowest BCUT2D eigenvalue weighted by atomic mass is 10.1. The normalized spacial score (nSPS) is 16.2. The van der Waals surface area contributed by atoms with E-state index in [2.05, 4.69) is 35.8 Å². The van der Waals surface area contributed by atoms with Crippen molar-refractivity contribution in [2.24, 2.45) is 0 Å². The van der Waals surface area contributed by atoms with Crippen LogP contribution in [-0.2, 0) is 12.8 Å². The van der Waals surface area contributed by atoms with Crippen molar-refractivity contribution in [3.05, 3.63) is 59.4 Å². The Bertz CT molecular complexity index is 657. The van der Waals surface area contributed by atoms with Crippen LogP contribution in [0, 0.1) is 5.82 Å². The second-order valence-electron chi connectivity index (χ2n) is 6.24. The number of ether oxygens (including phenoxy) is 1. The lowest BCUT2D eigenvalue weighted by Crippen LogP contribution is -2.30. The van der Waals surface area contributed by atoms with Crippen molar-refractivity contribution in [3.8, 4) is 5.75 Å². The highest BCUT2D eigenvalue weighted by atomic mass is 19.1. The van der Waals surface area contributed by atoms with Crippen LogP contribution in [0.25, 0.3) is 0 Å². The second kappa shape index (κ2) is 8.15. The minimum atomic E-state index is -0.179. The van der Waals surface area contributed by atoms with E-state index in [1.165, 1.54) is 17.7 Å². The van der Waals surface area contributed by atoms with Gasteiger partial charge in [-0.1, -0.05) is 25.1 Å². The van der Waals surface area contributed by atoms with Crippen molar-refractivity contribution in [2.45, 2.75) is 32.3 Å². The van der Waals surface area contributed by atoms with Crippen LogP contribution in [0.4, 0.5) is 10.1 Å². The molecule has 0 fully saturated rings. The SMILES string of the molecule is CCC1CNc2cc(CCNCCc3ccc(F)cc3)ccc2O1. The molecule has 0 aliphatic carbocycles. The minimum absolute atomic E-state index is 0.179. The van der Waals surface area contributed by atoms with Crippen LogP contribution in [0.3, 0.4) is 0 Å². The fourth-order valence-electron chi connectivity index (χ4n) is 2.89. The minimum Gasteiger partial charge on any atom is -0.486 e. The molecule has 1 atom stereocenters. The van der Waals surface area contributed by atoms with E-state index in [0.29, 0.717) is 0 Å². The van der Waals surface area contributed by atoms with Gasteiger partial charge in [-0.2, -0.15) is 0 Å². The Hall–Kier alpha value is -2.07. The topological polar surface area (TPSA) is 33.3 Å². The average Bonchev–Trinajstić information content (AvgIpc) is 2.62. The van der Waals surface area contributed by atoms with Gasteiger partial charge in [0, 0.05) is 0 Å². The third-order valence-electron chi connectivity index (χ3n) is 4.41. The molecule has 3 rings (SSSR count). The van der Waals surface area contributed by atoms with E-state index >= 15 is 0 Å². The molecule has 2 N–H and O–H groups in total. The summed E-state index contributed by atoms with van der Waals surface area (Å²) in [5.41, 5.74) is 3.56. The highest BCUT2D eigenvalue weighted by Crippen LogP contribution is 2.30. The molecule has 4 heteroatoms. The molecule has 24 heavy (non-hydrogen) atoms. The Morgan fingerprint density at radius 1 is 1.08 bits per heavy atom. The maximum Gasteiger partial charge on any atom is 0.142 e. The molecular formula is C20H25FN2O. The number of rotatable bonds is 7. The number of hydrogen-bond donors (Lipinski definition) is 2. The average molecular weight is 328 g/mol. The Labute approximate surface area is 143 Å². The molecule has 0 aromatic heterocycles. The molecule has 2 aromatic rings. The summed E-state index contributed by atoms with van der Waals surface area (Å²) in [6.07, 6.45) is 3.19. The highest BCUT2D eigenvalue weighted by Gasteiger charge is 2.17. The molecule has 0 spiro atoms. The first-order valence-electron chi connectivity index (χ1n) is 8.73. The number of halogens is 1. The van der Waals surface area contributed by atoms with E-state index in [1.54, 1.807) is 0 Å². The molecule has 1 aliphatic rings. The van der Waals surface area contributed by atoms with Gasteiger partial charge >= 0.3 is 0 Å². The lowest BCUT2D eigenvalue weighted by molar-refractivity contribution is 0.202. The fraction of sp³-hybridized carbons (Fsp3) is 0.400. The van der Waals surface area contributed by atoms with Gasteiger partial charge in [-0.3, -0.25) is 0 Å². The van der Waals surface area contributed by atoms with E-state index in [1.807, 2.05) is 12.1 Å². The predicted octanol–water partition coefficient (Wildman–Crippen LogP) is 3.78. The summed E-state index contributed by atoms with van der Waals surface area (Å²) in [7, 11) is 0. The molecule has 1 aliphatic heterocycles. The number of nitrogens with one attached hydrogen (secondary N) is 2. The summed E-state index contributed by atoms with van der Waals surface area (Å²) in [4.78, 5) is 0. The molecule has 128 valence electrons. The molecule has 1 heterocycles. The van der Waals surface area contributed by atoms with E-state index < -0.39 is 0 Å². The number of anilines is 1. The zero-order valence-corrected chi connectivity index (χ0v) is 14.1. The first-order chi connectivity index (χ1) is 11.7. The number of benzene rings is 2. The Kier molecular flexibility index (Phi) is 5.70. The van der Waals surface area contributed by atoms with Crippen molar-refractivity contribution in [1.82, 2.24) is 5.32 Å². The van der Waals surface area contributed by atoms with Gasteiger partial charge in [-0.05, 0) is 67.7 Å². The quantitative estimate of drug-likeness (QED) is 0.759. The molecule has 1 unspecified atom stereocenters. The van der Waals surface area contributed by atoms with Crippen LogP contribution in [0.5, 0.6) is 5.75 Å². The van der Waals surface area contributed by atoms with Gasteiger partial charge in [-0.15, -0.1) is 0 Å². The van der Waals surface area contributed by atoms with Crippen LogP contribution in [0.1, 0.15) is 24.5 Å². The summed E-state index contributed by atoms with van der Waals surface area (Å²) in [6, 6.07) is 13.1. The number of fused-ring (bicyclic) bond motifs is 1. The van der Waals surface area contributed by atoms with Crippen molar-refractivity contribution >= 4 is 5.69 Å². The number of hydrogen-bond acceptors (Lipinski definition) is 3. The van der Waals surface area contributed by atoms with E-state index in [0.717, 1.165) is 55.9 Å². The molecular weight excluding hydrogens is 303 g/mol. The van der Waals surface area contributed by atoms with E-state index in [-0.39, 0.29) is 11.9 Å². The largest absolute Gasteiger partial charge is 0.486 e. The van der Waals surface area contributed by atoms with Crippen LogP contribution in [0.15, 0.2) is 42.5 Å². The summed E-state index contributed by atoms with van der Waals surface area (Å²) >= 11 is 0. The monoisotopic (exact) mass is 328 g/mol. The van der Waals surface area contributed by atoms with Gasteiger partial charge in [0.15, 0.2) is 0 Å². The summed E-state index contributed by atoms with van der Waals surface area (Å²) in [6.45, 7) is 4.85. The zero-order chi connectivity index (χ0) is 16.8. The van der Waals surface area contributed by atoms with Gasteiger partial charge in [0.05, 0.1) is 12.2 Å². The standard InChI is InChI=1S/C20H25FN2O/c1-2-18-14-23-19-13-16(5-8-20(19)24-18)10-12-22-11-9-15-3-6-17(21)7-4-15/h3-8,13,18,22-23H,2,9-12,14H2,1H3. The first-order valence-corrected chi connectivity index (χ1v) is 8.73. The smallest absolute Gasteiger partial charge is 0.142 e. The first kappa shape index (κ1) is 16.8. The van der Waals surface area contributed by atoms with E-state index in [4.69, 9.17) is 4.74 Å². The lowest BCUT2D eigenvalue weighted by Gasteiger charge is -2.27. The molecule has 0 amide bonds. The van der Waals surface area contributed by atoms with Crippen molar-refractivity contribution in [1.29, 1.82) is 0 Å². The van der Waals surface area contributed by atoms with Crippen molar-refractivity contribution in [2.75, 3.05) is 25.0 Å². The second-order valence-corrected chi connectivity index (χ2v) is 6.24. The fourth-order valence-corrected chi connectivity index (χ4v) is 2.89. The van der Waals surface area contributed by atoms with Crippen LogP contribution < -0.4 is 15.4 Å².